The highest BCUT2D eigenvalue weighted by Gasteiger charge is 2.15. The van der Waals surface area contributed by atoms with Gasteiger partial charge in [-0.3, -0.25) is 0 Å². The lowest BCUT2D eigenvalue weighted by Gasteiger charge is -2.18. The number of hydrogen-bond donors (Lipinski definition) is 0. The predicted molar refractivity (Wildman–Crippen MR) is 82.1 cm³/mol. The van der Waals surface area contributed by atoms with Gasteiger partial charge in [0, 0.05) is 6.42 Å². The van der Waals surface area contributed by atoms with E-state index in [2.05, 4.69) is 26.9 Å². The molecule has 23 heavy (non-hydrogen) atoms. The maximum absolute atomic E-state index is 5.11. The third-order valence-electron chi connectivity index (χ3n) is 3.57. The summed E-state index contributed by atoms with van der Waals surface area (Å²) in [4.78, 5) is 19.5. The Kier molecular flexibility index (Phi) is 13.1. The van der Waals surface area contributed by atoms with Gasteiger partial charge in [0.15, 0.2) is 0 Å². The smallest absolute Gasteiger partial charge is 0.141 e. The minimum absolute atomic E-state index is 0.122. The molecule has 0 amide bonds. The lowest BCUT2D eigenvalue weighted by atomic mass is 9.98. The van der Waals surface area contributed by atoms with Gasteiger partial charge in [0.2, 0.25) is 0 Å². The van der Waals surface area contributed by atoms with Gasteiger partial charge in [-0.15, -0.1) is 0 Å². The minimum Gasteiger partial charge on any atom is -0.313 e. The van der Waals surface area contributed by atoms with Crippen LogP contribution in [0.4, 0.5) is 0 Å². The SMILES string of the molecule is CCCC=C(CCCCOOOOC1CCCCC1)OOOC. The molecule has 1 fully saturated rings. The van der Waals surface area contributed by atoms with Gasteiger partial charge in [0.1, 0.15) is 5.76 Å². The highest BCUT2D eigenvalue weighted by Crippen LogP contribution is 2.20. The largest absolute Gasteiger partial charge is 0.313 e. The third-order valence-corrected chi connectivity index (χ3v) is 3.57. The van der Waals surface area contributed by atoms with E-state index in [1.807, 2.05) is 6.08 Å². The molecule has 1 aliphatic rings. The van der Waals surface area contributed by atoms with Crippen molar-refractivity contribution >= 4 is 0 Å². The van der Waals surface area contributed by atoms with Gasteiger partial charge in [-0.25, -0.2) is 9.78 Å². The van der Waals surface area contributed by atoms with E-state index < -0.39 is 0 Å². The Hall–Kier alpha value is -0.700. The van der Waals surface area contributed by atoms with Crippen molar-refractivity contribution in [1.82, 2.24) is 0 Å². The summed E-state index contributed by atoms with van der Waals surface area (Å²) in [7, 11) is 1.40. The van der Waals surface area contributed by atoms with Crippen LogP contribution in [-0.2, 0) is 34.7 Å². The van der Waals surface area contributed by atoms with Crippen LogP contribution in [0.2, 0.25) is 0 Å². The highest BCUT2D eigenvalue weighted by atomic mass is 17.7. The molecule has 1 rings (SSSR count). The first-order valence-corrected chi connectivity index (χ1v) is 8.54. The number of hydrogen-bond acceptors (Lipinski definition) is 7. The van der Waals surface area contributed by atoms with Crippen LogP contribution in [0.15, 0.2) is 11.8 Å². The van der Waals surface area contributed by atoms with Crippen LogP contribution < -0.4 is 0 Å². The van der Waals surface area contributed by atoms with E-state index in [4.69, 9.17) is 14.7 Å². The molecule has 0 saturated heterocycles. The second-order valence-corrected chi connectivity index (χ2v) is 5.55. The Balaban J connectivity index is 1.94. The van der Waals surface area contributed by atoms with E-state index in [0.717, 1.165) is 50.7 Å². The predicted octanol–water partition coefficient (Wildman–Crippen LogP) is 4.49. The van der Waals surface area contributed by atoms with Crippen molar-refractivity contribution in [2.24, 2.45) is 0 Å². The number of unbranched alkanes of at least 4 members (excludes halogenated alkanes) is 2. The van der Waals surface area contributed by atoms with Gasteiger partial charge in [-0.2, -0.15) is 4.89 Å². The summed E-state index contributed by atoms with van der Waals surface area (Å²) in [6, 6.07) is 0. The zero-order valence-corrected chi connectivity index (χ0v) is 14.3. The summed E-state index contributed by atoms with van der Waals surface area (Å²) >= 11 is 0. The average Bonchev–Trinajstić information content (AvgIpc) is 2.59. The molecule has 7 heteroatoms. The third kappa shape index (κ3) is 11.5. The Morgan fingerprint density at radius 2 is 1.87 bits per heavy atom. The van der Waals surface area contributed by atoms with Gasteiger partial charge >= 0.3 is 0 Å². The molecule has 0 N–H and O–H groups in total. The first kappa shape index (κ1) is 20.3. The van der Waals surface area contributed by atoms with Crippen LogP contribution >= 0.6 is 0 Å². The summed E-state index contributed by atoms with van der Waals surface area (Å²) in [5.74, 6) is 0.756. The van der Waals surface area contributed by atoms with Gasteiger partial charge in [-0.1, -0.05) is 32.6 Å². The van der Waals surface area contributed by atoms with Gasteiger partial charge < -0.3 is 4.89 Å². The highest BCUT2D eigenvalue weighted by molar-refractivity contribution is 4.91. The fourth-order valence-electron chi connectivity index (χ4n) is 2.31. The molecule has 0 aliphatic heterocycles. The Morgan fingerprint density at radius 3 is 2.61 bits per heavy atom. The molecule has 1 saturated carbocycles. The molecule has 7 nitrogen and oxygen atoms in total. The summed E-state index contributed by atoms with van der Waals surface area (Å²) in [5.41, 5.74) is 0. The molecule has 1 aliphatic carbocycles. The number of allylic oxidation sites excluding steroid dienone is 2. The van der Waals surface area contributed by atoms with Crippen LogP contribution in [0.3, 0.4) is 0 Å². The van der Waals surface area contributed by atoms with Gasteiger partial charge in [-0.05, 0) is 53.3 Å². The van der Waals surface area contributed by atoms with Crippen molar-refractivity contribution in [2.75, 3.05) is 13.7 Å². The Labute approximate surface area is 138 Å². The van der Waals surface area contributed by atoms with Crippen molar-refractivity contribution in [2.45, 2.75) is 77.2 Å². The average molecular weight is 334 g/mol. The molecule has 0 aromatic carbocycles. The molecule has 0 atom stereocenters. The quantitative estimate of drug-likeness (QED) is 0.201. The van der Waals surface area contributed by atoms with Crippen LogP contribution in [0.25, 0.3) is 0 Å². The summed E-state index contributed by atoms with van der Waals surface area (Å²) in [6.07, 6.45) is 12.2. The first-order valence-electron chi connectivity index (χ1n) is 8.54. The molecule has 0 unspecified atom stereocenters. The molecule has 0 aromatic rings. The van der Waals surface area contributed by atoms with Crippen molar-refractivity contribution in [1.29, 1.82) is 0 Å². The molecule has 0 heterocycles. The van der Waals surface area contributed by atoms with Gasteiger partial charge in [0.25, 0.3) is 0 Å². The molecular weight excluding hydrogens is 304 g/mol. The van der Waals surface area contributed by atoms with Crippen LogP contribution in [0.1, 0.15) is 71.1 Å². The monoisotopic (exact) mass is 334 g/mol. The maximum atomic E-state index is 5.11. The lowest BCUT2D eigenvalue weighted by Crippen LogP contribution is -2.17. The standard InChI is InChI=1S/C16H30O7/c1-3-4-10-15(19-21-17-2)13-8-9-14-18-22-23-20-16-11-6-5-7-12-16/h10,16H,3-9,11-14H2,1-2H3. The molecular formula is C16H30O7. The second-order valence-electron chi connectivity index (χ2n) is 5.55. The maximum Gasteiger partial charge on any atom is 0.141 e. The number of rotatable bonds is 14. The van der Waals surface area contributed by atoms with Crippen molar-refractivity contribution in [3.63, 3.8) is 0 Å². The summed E-state index contributed by atoms with van der Waals surface area (Å²) in [6.45, 7) is 2.52. The van der Waals surface area contributed by atoms with E-state index in [1.165, 1.54) is 26.4 Å². The van der Waals surface area contributed by atoms with Crippen molar-refractivity contribution in [3.8, 4) is 0 Å². The second kappa shape index (κ2) is 14.9. The van der Waals surface area contributed by atoms with Crippen LogP contribution in [0.5, 0.6) is 0 Å². The molecule has 0 radical (unpaired) electrons. The normalized spacial score (nSPS) is 16.7. The lowest BCUT2D eigenvalue weighted by molar-refractivity contribution is -0.642. The van der Waals surface area contributed by atoms with Crippen LogP contribution in [-0.4, -0.2) is 19.8 Å². The molecule has 0 aromatic heterocycles. The topological polar surface area (TPSA) is 64.6 Å². The van der Waals surface area contributed by atoms with Crippen molar-refractivity contribution < 1.29 is 34.7 Å². The zero-order valence-electron chi connectivity index (χ0n) is 14.3. The summed E-state index contributed by atoms with van der Waals surface area (Å²) in [5, 5.41) is 13.7. The van der Waals surface area contributed by atoms with E-state index >= 15 is 0 Å². The van der Waals surface area contributed by atoms with Gasteiger partial charge in [0.05, 0.1) is 19.8 Å². The molecule has 136 valence electrons. The summed E-state index contributed by atoms with van der Waals surface area (Å²) < 4.78 is 0. The Bertz CT molecular complexity index is 290. The van der Waals surface area contributed by atoms with E-state index in [1.54, 1.807) is 0 Å². The fourth-order valence-corrected chi connectivity index (χ4v) is 2.31. The molecule has 0 bridgehead atoms. The first-order chi connectivity index (χ1) is 11.4. The van der Waals surface area contributed by atoms with E-state index in [0.29, 0.717) is 6.61 Å². The minimum atomic E-state index is 0.122. The fraction of sp³-hybridized carbons (Fsp3) is 0.875. The van der Waals surface area contributed by atoms with E-state index in [-0.39, 0.29) is 6.10 Å². The Morgan fingerprint density at radius 1 is 1.04 bits per heavy atom. The van der Waals surface area contributed by atoms with E-state index in [9.17, 15) is 0 Å². The van der Waals surface area contributed by atoms with Crippen LogP contribution in [0, 0.1) is 0 Å². The van der Waals surface area contributed by atoms with Crippen molar-refractivity contribution in [3.05, 3.63) is 11.8 Å². The molecule has 0 spiro atoms. The zero-order chi connectivity index (χ0) is 16.6.